The molecule has 0 spiro atoms. The van der Waals surface area contributed by atoms with E-state index in [1.165, 1.54) is 57.8 Å². The fourth-order valence-corrected chi connectivity index (χ4v) is 7.71. The van der Waals surface area contributed by atoms with Crippen LogP contribution in [-0.4, -0.2) is 22.9 Å². The monoisotopic (exact) mass is 417 g/mol. The maximum Gasteiger partial charge on any atom is 0.320 e. The molecule has 7 unspecified atom stereocenters. The first kappa shape index (κ1) is 23.5. The summed E-state index contributed by atoms with van der Waals surface area (Å²) in [6.45, 7) is 10.4. The summed E-state index contributed by atoms with van der Waals surface area (Å²) in [5.74, 6) is 2.52. The molecule has 3 fully saturated rings. The Hall–Kier alpha value is -1.16. The number of allylic oxidation sites excluding steroid dienone is 2. The summed E-state index contributed by atoms with van der Waals surface area (Å²) < 4.78 is 0. The number of hydrogen-bond acceptors (Lipinski definition) is 3. The van der Waals surface area contributed by atoms with Gasteiger partial charge in [-0.25, -0.2) is 0 Å². The molecule has 0 aliphatic heterocycles. The first-order chi connectivity index (χ1) is 14.0. The number of rotatable bonds is 3. The van der Waals surface area contributed by atoms with E-state index in [9.17, 15) is 9.59 Å². The molecular weight excluding hydrogens is 374 g/mol. The van der Waals surface area contributed by atoms with Crippen molar-refractivity contribution in [2.75, 3.05) is 0 Å². The van der Waals surface area contributed by atoms with Crippen LogP contribution in [0, 0.1) is 40.4 Å². The Morgan fingerprint density at radius 2 is 1.80 bits per heavy atom. The lowest BCUT2D eigenvalue weighted by Crippen LogP contribution is -2.50. The fourth-order valence-electron chi connectivity index (χ4n) is 7.71. The van der Waals surface area contributed by atoms with Crippen molar-refractivity contribution < 1.29 is 14.7 Å². The predicted molar refractivity (Wildman–Crippen MR) is 121 cm³/mol. The van der Waals surface area contributed by atoms with Gasteiger partial charge in [0.1, 0.15) is 11.8 Å². The van der Waals surface area contributed by atoms with Crippen molar-refractivity contribution in [2.45, 2.75) is 98.4 Å². The molecule has 30 heavy (non-hydrogen) atoms. The number of hydrogen-bond donors (Lipinski definition) is 2. The molecule has 3 saturated carbocycles. The number of ketones is 1. The molecule has 0 saturated heterocycles. The average molecular weight is 418 g/mol. The number of aliphatic carboxylic acids is 1. The van der Waals surface area contributed by atoms with Crippen LogP contribution in [0.1, 0.15) is 92.4 Å². The minimum atomic E-state index is -0.931. The maximum absolute atomic E-state index is 12.1. The van der Waals surface area contributed by atoms with Crippen molar-refractivity contribution in [3.05, 3.63) is 11.6 Å². The van der Waals surface area contributed by atoms with Gasteiger partial charge in [0.05, 0.1) is 0 Å². The Bertz CT molecular complexity index is 698. The van der Waals surface area contributed by atoms with Crippen LogP contribution in [0.5, 0.6) is 0 Å². The van der Waals surface area contributed by atoms with E-state index in [0.29, 0.717) is 22.5 Å². The van der Waals surface area contributed by atoms with Gasteiger partial charge in [0.15, 0.2) is 0 Å². The molecule has 170 valence electrons. The van der Waals surface area contributed by atoms with Crippen molar-refractivity contribution in [1.29, 1.82) is 0 Å². The van der Waals surface area contributed by atoms with Gasteiger partial charge in [-0.05, 0) is 99.2 Å². The second-order valence-corrected chi connectivity index (χ2v) is 11.3. The third-order valence-corrected chi connectivity index (χ3v) is 9.52. The van der Waals surface area contributed by atoms with E-state index in [-0.39, 0.29) is 5.92 Å². The zero-order valence-corrected chi connectivity index (χ0v) is 19.7. The Labute approximate surface area is 183 Å². The van der Waals surface area contributed by atoms with Crippen LogP contribution in [-0.2, 0) is 9.59 Å². The molecule has 0 aromatic carbocycles. The van der Waals surface area contributed by atoms with Crippen molar-refractivity contribution in [3.63, 3.8) is 0 Å². The van der Waals surface area contributed by atoms with Crippen molar-refractivity contribution >= 4 is 11.8 Å². The van der Waals surface area contributed by atoms with E-state index in [1.807, 2.05) is 6.92 Å². The van der Waals surface area contributed by atoms with Gasteiger partial charge >= 0.3 is 5.97 Å². The fraction of sp³-hybridized carbons (Fsp3) is 0.846. The minimum Gasteiger partial charge on any atom is -0.480 e. The summed E-state index contributed by atoms with van der Waals surface area (Å²) in [7, 11) is 0. The molecule has 4 rings (SSSR count). The molecule has 4 aliphatic rings. The lowest BCUT2D eigenvalue weighted by atomic mass is 9.47. The summed E-state index contributed by atoms with van der Waals surface area (Å²) in [6.07, 6.45) is 14.6. The number of nitrogens with two attached hydrogens (primary N) is 1. The van der Waals surface area contributed by atoms with E-state index in [0.717, 1.165) is 17.8 Å². The van der Waals surface area contributed by atoms with Crippen LogP contribution >= 0.6 is 0 Å². The number of fused-ring (bicyclic) bond motifs is 5. The molecule has 4 heteroatoms. The van der Waals surface area contributed by atoms with Crippen molar-refractivity contribution in [2.24, 2.45) is 46.2 Å². The second-order valence-electron chi connectivity index (χ2n) is 11.3. The molecule has 0 amide bonds. The van der Waals surface area contributed by atoms with Crippen LogP contribution in [0.3, 0.4) is 0 Å². The second kappa shape index (κ2) is 8.76. The third kappa shape index (κ3) is 4.01. The van der Waals surface area contributed by atoms with E-state index in [2.05, 4.69) is 19.9 Å². The third-order valence-electron chi connectivity index (χ3n) is 9.52. The Kier molecular flexibility index (Phi) is 6.86. The van der Waals surface area contributed by atoms with E-state index >= 15 is 0 Å². The largest absolute Gasteiger partial charge is 0.480 e. The van der Waals surface area contributed by atoms with Gasteiger partial charge in [0.2, 0.25) is 0 Å². The maximum atomic E-state index is 12.1. The van der Waals surface area contributed by atoms with E-state index < -0.39 is 12.0 Å². The molecule has 0 bridgehead atoms. The van der Waals surface area contributed by atoms with E-state index in [4.69, 9.17) is 10.8 Å². The van der Waals surface area contributed by atoms with Crippen LogP contribution in [0.25, 0.3) is 0 Å². The molecule has 4 aliphatic carbocycles. The molecule has 4 nitrogen and oxygen atoms in total. The normalized spacial score (nSPS) is 40.8. The number of carboxylic acids is 1. The van der Waals surface area contributed by atoms with Crippen molar-refractivity contribution in [1.82, 2.24) is 0 Å². The number of Topliss-reactive ketones (excluding diaryl/α,β-unsaturated/α-hetero) is 1. The van der Waals surface area contributed by atoms with Crippen LogP contribution < -0.4 is 5.73 Å². The van der Waals surface area contributed by atoms with Gasteiger partial charge in [-0.15, -0.1) is 0 Å². The highest BCUT2D eigenvalue weighted by molar-refractivity contribution is 5.79. The van der Waals surface area contributed by atoms with Gasteiger partial charge in [-0.2, -0.15) is 0 Å². The zero-order valence-electron chi connectivity index (χ0n) is 19.7. The Balaban J connectivity index is 0.000000275. The smallest absolute Gasteiger partial charge is 0.320 e. The average Bonchev–Trinajstić information content (AvgIpc) is 3.04. The summed E-state index contributed by atoms with van der Waals surface area (Å²) in [5, 5.41) is 8.23. The minimum absolute atomic E-state index is 0.0208. The van der Waals surface area contributed by atoms with Crippen LogP contribution in [0.15, 0.2) is 11.6 Å². The zero-order chi connectivity index (χ0) is 22.3. The first-order valence-electron chi connectivity index (χ1n) is 12.2. The number of carboxylic acid groups (broad SMARTS) is 1. The summed E-state index contributed by atoms with van der Waals surface area (Å²) in [5.41, 5.74) is 7.77. The van der Waals surface area contributed by atoms with Crippen LogP contribution in [0.4, 0.5) is 0 Å². The van der Waals surface area contributed by atoms with Crippen molar-refractivity contribution in [3.8, 4) is 0 Å². The standard InChI is InChI=1S/C21H32O.C5H11NO2/c1-14(22)17-9-10-18-16-8-7-15-6-4-5-12-20(15,2)19(16)11-13-21(17,18)3;1-3(2)4(6)5(7)8/h6,16-19H,4-5,7-13H2,1-3H3;3-4H,6H2,1-2H3,(H,7,8). The van der Waals surface area contributed by atoms with E-state index in [1.54, 1.807) is 19.4 Å². The highest BCUT2D eigenvalue weighted by Gasteiger charge is 2.59. The quantitative estimate of drug-likeness (QED) is 0.586. The van der Waals surface area contributed by atoms with Gasteiger partial charge in [0.25, 0.3) is 0 Å². The molecule has 0 aromatic heterocycles. The summed E-state index contributed by atoms with van der Waals surface area (Å²) in [4.78, 5) is 22.2. The Morgan fingerprint density at radius 3 is 2.37 bits per heavy atom. The first-order valence-corrected chi connectivity index (χ1v) is 12.2. The molecular formula is C26H43NO3. The molecule has 0 heterocycles. The highest BCUT2D eigenvalue weighted by atomic mass is 16.4. The summed E-state index contributed by atoms with van der Waals surface area (Å²) >= 11 is 0. The van der Waals surface area contributed by atoms with Crippen LogP contribution in [0.2, 0.25) is 0 Å². The number of carbonyl (C=O) groups excluding carboxylic acids is 1. The summed E-state index contributed by atoms with van der Waals surface area (Å²) in [6, 6.07) is -0.713. The number of carbonyl (C=O) groups is 2. The molecule has 0 radical (unpaired) electrons. The Morgan fingerprint density at radius 1 is 1.10 bits per heavy atom. The lowest BCUT2D eigenvalue weighted by Gasteiger charge is -2.58. The van der Waals surface area contributed by atoms with Gasteiger partial charge in [-0.1, -0.05) is 39.3 Å². The lowest BCUT2D eigenvalue weighted by molar-refractivity contribution is -0.139. The SMILES string of the molecule is CC(=O)C1CCC2C3CCC4=CCCCC4(C)C3CCC12C.CC(C)C(N)C(=O)O. The molecule has 3 N–H and O–H groups in total. The van der Waals surface area contributed by atoms with Gasteiger partial charge in [-0.3, -0.25) is 9.59 Å². The highest BCUT2D eigenvalue weighted by Crippen LogP contribution is 2.66. The van der Waals surface area contributed by atoms with Gasteiger partial charge in [0, 0.05) is 5.92 Å². The van der Waals surface area contributed by atoms with Gasteiger partial charge < -0.3 is 10.8 Å². The topological polar surface area (TPSA) is 80.4 Å². The molecule has 7 atom stereocenters. The molecule has 0 aromatic rings. The predicted octanol–water partition coefficient (Wildman–Crippen LogP) is 5.60.